The molecule has 3 aromatic rings. The Kier molecular flexibility index (Phi) is 6.13. The Bertz CT molecular complexity index is 927. The minimum absolute atomic E-state index is 0.408. The number of amides is 1. The molecule has 1 atom stereocenters. The van der Waals surface area contributed by atoms with E-state index in [0.717, 1.165) is 17.7 Å². The Balaban J connectivity index is 1.58. The summed E-state index contributed by atoms with van der Waals surface area (Å²) in [4.78, 5) is 16.5. The van der Waals surface area contributed by atoms with Gasteiger partial charge in [-0.15, -0.1) is 11.8 Å². The van der Waals surface area contributed by atoms with Gasteiger partial charge < -0.3 is 9.73 Å². The monoisotopic (exact) mass is 408 g/mol. The zero-order valence-corrected chi connectivity index (χ0v) is 15.8. The summed E-state index contributed by atoms with van der Waals surface area (Å²) in [7, 11) is 0. The number of anilines is 1. The number of carbonyl (C=O) groups is 1. The zero-order chi connectivity index (χ0) is 19.4. The fraction of sp³-hybridized carbons (Fsp3) is 0.158. The van der Waals surface area contributed by atoms with E-state index < -0.39 is 28.5 Å². The number of benzene rings is 2. The van der Waals surface area contributed by atoms with Crippen LogP contribution < -0.4 is 5.32 Å². The molecular formula is C19H15ClF2N2O2S. The smallest absolute Gasteiger partial charge is 0.237 e. The molecule has 0 aliphatic rings. The first-order valence-electron chi connectivity index (χ1n) is 8.01. The first-order valence-corrected chi connectivity index (χ1v) is 9.43. The van der Waals surface area contributed by atoms with Crippen molar-refractivity contribution >= 4 is 35.0 Å². The van der Waals surface area contributed by atoms with E-state index in [9.17, 15) is 13.6 Å². The molecule has 0 saturated heterocycles. The van der Waals surface area contributed by atoms with Crippen LogP contribution in [0.2, 0.25) is 5.02 Å². The van der Waals surface area contributed by atoms with Gasteiger partial charge in [-0.3, -0.25) is 4.79 Å². The molecule has 3 rings (SSSR count). The summed E-state index contributed by atoms with van der Waals surface area (Å²) < 4.78 is 32.7. The van der Waals surface area contributed by atoms with Crippen LogP contribution in [0.5, 0.6) is 0 Å². The molecule has 0 aliphatic carbocycles. The molecule has 1 amide bonds. The fourth-order valence-corrected chi connectivity index (χ4v) is 3.12. The highest BCUT2D eigenvalue weighted by Gasteiger charge is 2.18. The third-order valence-corrected chi connectivity index (χ3v) is 5.13. The predicted octanol–water partition coefficient (Wildman–Crippen LogP) is 5.53. The maximum atomic E-state index is 13.6. The number of nitrogens with one attached hydrogen (secondary N) is 1. The van der Waals surface area contributed by atoms with E-state index >= 15 is 0 Å². The Hall–Kier alpha value is -2.38. The first kappa shape index (κ1) is 19.4. The number of hydrogen-bond acceptors (Lipinski definition) is 4. The molecule has 1 heterocycles. The van der Waals surface area contributed by atoms with Crippen molar-refractivity contribution in [3.05, 3.63) is 71.1 Å². The van der Waals surface area contributed by atoms with E-state index in [0.29, 0.717) is 22.4 Å². The number of aromatic nitrogens is 1. The van der Waals surface area contributed by atoms with E-state index in [1.54, 1.807) is 31.2 Å². The normalized spacial score (nSPS) is 12.0. The van der Waals surface area contributed by atoms with Crippen molar-refractivity contribution in [1.29, 1.82) is 0 Å². The van der Waals surface area contributed by atoms with Gasteiger partial charge in [0.25, 0.3) is 0 Å². The Labute approximate surface area is 163 Å². The first-order chi connectivity index (χ1) is 12.9. The zero-order valence-electron chi connectivity index (χ0n) is 14.2. The molecule has 140 valence electrons. The van der Waals surface area contributed by atoms with Gasteiger partial charge in [0.1, 0.15) is 23.6 Å². The third-order valence-electron chi connectivity index (χ3n) is 3.70. The van der Waals surface area contributed by atoms with Gasteiger partial charge in [-0.25, -0.2) is 13.8 Å². The second-order valence-electron chi connectivity index (χ2n) is 5.69. The molecule has 0 bridgehead atoms. The summed E-state index contributed by atoms with van der Waals surface area (Å²) in [6.45, 7) is 1.65. The summed E-state index contributed by atoms with van der Waals surface area (Å²) in [6, 6.07) is 10.5. The lowest BCUT2D eigenvalue weighted by Gasteiger charge is -2.12. The van der Waals surface area contributed by atoms with E-state index in [1.165, 1.54) is 24.1 Å². The maximum absolute atomic E-state index is 13.6. The van der Waals surface area contributed by atoms with Crippen LogP contribution >= 0.6 is 23.4 Å². The second-order valence-corrected chi connectivity index (χ2v) is 7.46. The number of halogens is 3. The van der Waals surface area contributed by atoms with Gasteiger partial charge in [0.2, 0.25) is 11.8 Å². The topological polar surface area (TPSA) is 55.1 Å². The van der Waals surface area contributed by atoms with E-state index in [1.807, 2.05) is 0 Å². The van der Waals surface area contributed by atoms with Crippen LogP contribution in [-0.2, 0) is 10.5 Å². The summed E-state index contributed by atoms with van der Waals surface area (Å²) in [5, 5.41) is 2.36. The number of para-hydroxylation sites is 1. The highest BCUT2D eigenvalue weighted by molar-refractivity contribution is 7.99. The summed E-state index contributed by atoms with van der Waals surface area (Å²) in [5.41, 5.74) is 1.000. The Morgan fingerprint density at radius 1 is 1.22 bits per heavy atom. The lowest BCUT2D eigenvalue weighted by Crippen LogP contribution is -2.23. The number of thioether (sulfide) groups is 1. The van der Waals surface area contributed by atoms with Gasteiger partial charge in [0.05, 0.1) is 10.9 Å². The number of rotatable bonds is 6. The molecule has 1 unspecified atom stereocenters. The van der Waals surface area contributed by atoms with Crippen molar-refractivity contribution in [3.63, 3.8) is 0 Å². The summed E-state index contributed by atoms with van der Waals surface area (Å²) in [6.07, 6.45) is 1.51. The molecular weight excluding hydrogens is 394 g/mol. The molecule has 0 saturated carbocycles. The SMILES string of the molecule is CC(SCc1coc(-c2ccc(Cl)cc2)n1)C(=O)Nc1c(F)cccc1F. The molecule has 27 heavy (non-hydrogen) atoms. The van der Waals surface area contributed by atoms with Gasteiger partial charge in [0.15, 0.2) is 0 Å². The number of nitrogens with zero attached hydrogens (tertiary/aromatic N) is 1. The van der Waals surface area contributed by atoms with Crippen LogP contribution in [0.15, 0.2) is 53.1 Å². The minimum Gasteiger partial charge on any atom is -0.444 e. The van der Waals surface area contributed by atoms with Gasteiger partial charge in [-0.1, -0.05) is 17.7 Å². The van der Waals surface area contributed by atoms with E-state index in [4.69, 9.17) is 16.0 Å². The van der Waals surface area contributed by atoms with Gasteiger partial charge >= 0.3 is 0 Å². The fourth-order valence-electron chi connectivity index (χ4n) is 2.23. The third kappa shape index (κ3) is 4.87. The van der Waals surface area contributed by atoms with Gasteiger partial charge in [-0.05, 0) is 43.3 Å². The molecule has 4 nitrogen and oxygen atoms in total. The van der Waals surface area contributed by atoms with Crippen LogP contribution in [0, 0.1) is 11.6 Å². The quantitative estimate of drug-likeness (QED) is 0.582. The van der Waals surface area contributed by atoms with E-state index in [2.05, 4.69) is 10.3 Å². The summed E-state index contributed by atoms with van der Waals surface area (Å²) >= 11 is 7.14. The summed E-state index contributed by atoms with van der Waals surface area (Å²) in [5.74, 6) is -1.27. The van der Waals surface area contributed by atoms with Gasteiger partial charge in [-0.2, -0.15) is 0 Å². The predicted molar refractivity (Wildman–Crippen MR) is 103 cm³/mol. The van der Waals surface area contributed by atoms with Crippen LogP contribution in [0.3, 0.4) is 0 Å². The molecule has 8 heteroatoms. The van der Waals surface area contributed by atoms with Crippen molar-refractivity contribution < 1.29 is 18.0 Å². The van der Waals surface area contributed by atoms with E-state index in [-0.39, 0.29) is 0 Å². The van der Waals surface area contributed by atoms with Crippen molar-refractivity contribution in [3.8, 4) is 11.5 Å². The molecule has 1 N–H and O–H groups in total. The average Bonchev–Trinajstić information content (AvgIpc) is 3.12. The van der Waals surface area contributed by atoms with Crippen LogP contribution in [0.1, 0.15) is 12.6 Å². The largest absolute Gasteiger partial charge is 0.444 e. The Morgan fingerprint density at radius 3 is 2.56 bits per heavy atom. The highest BCUT2D eigenvalue weighted by Crippen LogP contribution is 2.25. The van der Waals surface area contributed by atoms with Crippen molar-refractivity contribution in [1.82, 2.24) is 4.98 Å². The van der Waals surface area contributed by atoms with Gasteiger partial charge in [0, 0.05) is 16.3 Å². The standard InChI is InChI=1S/C19H15ClF2N2O2S/c1-11(18(25)24-17-15(21)3-2-4-16(17)22)27-10-14-9-26-19(23-14)12-5-7-13(20)8-6-12/h2-9,11H,10H2,1H3,(H,24,25). The molecule has 0 spiro atoms. The molecule has 1 aromatic heterocycles. The van der Waals surface area contributed by atoms with Crippen molar-refractivity contribution in [2.75, 3.05) is 5.32 Å². The Morgan fingerprint density at radius 2 is 1.89 bits per heavy atom. The molecule has 0 fully saturated rings. The van der Waals surface area contributed by atoms with Crippen LogP contribution in [0.25, 0.3) is 11.5 Å². The number of oxazole rings is 1. The van der Waals surface area contributed by atoms with Crippen LogP contribution in [0.4, 0.5) is 14.5 Å². The number of hydrogen-bond donors (Lipinski definition) is 1. The lowest BCUT2D eigenvalue weighted by atomic mass is 10.2. The molecule has 0 radical (unpaired) electrons. The minimum atomic E-state index is -0.815. The average molecular weight is 409 g/mol. The maximum Gasteiger partial charge on any atom is 0.237 e. The molecule has 2 aromatic carbocycles. The van der Waals surface area contributed by atoms with Crippen molar-refractivity contribution in [2.45, 2.75) is 17.9 Å². The highest BCUT2D eigenvalue weighted by atomic mass is 35.5. The number of carbonyl (C=O) groups excluding carboxylic acids is 1. The molecule has 0 aliphatic heterocycles. The van der Waals surface area contributed by atoms with Crippen molar-refractivity contribution in [2.24, 2.45) is 0 Å². The lowest BCUT2D eigenvalue weighted by molar-refractivity contribution is -0.115. The van der Waals surface area contributed by atoms with Crippen LogP contribution in [-0.4, -0.2) is 16.1 Å². The second kappa shape index (κ2) is 8.54.